The second-order valence-electron chi connectivity index (χ2n) is 7.03. The molecule has 0 heterocycles. The predicted octanol–water partition coefficient (Wildman–Crippen LogP) is 4.79. The number of carbonyl (C=O) groups excluding carboxylic acids is 3. The Morgan fingerprint density at radius 1 is 0.543 bits per heavy atom. The van der Waals surface area contributed by atoms with Gasteiger partial charge >= 0.3 is 54.1 Å². The Morgan fingerprint density at radius 2 is 0.857 bits per heavy atom. The van der Waals surface area contributed by atoms with E-state index in [2.05, 4.69) is 4.74 Å². The standard InChI is InChI=1S/C15H10F15NO4/c16-10(17,13(22,23)24)7(32)31(8(33)11(18,19)14(25,26)27)5-1-3-6(4-2-5)35-9(34)12(20,21)15(28,29)30/h5-6H,1-4H2. The van der Waals surface area contributed by atoms with Gasteiger partial charge in [0.25, 0.3) is 0 Å². The molecule has 1 aliphatic rings. The first kappa shape index (κ1) is 30.6. The third kappa shape index (κ3) is 5.87. The SMILES string of the molecule is O=C(OC1CCC(N(C(=O)C(F)(F)C(F)(F)F)C(=O)C(F)(F)C(F)(F)F)CC1)C(F)(F)C(F)(F)F. The lowest BCUT2D eigenvalue weighted by atomic mass is 9.90. The molecule has 0 aromatic rings. The Bertz CT molecular complexity index is 784. The number of esters is 1. The molecular weight excluding hydrogens is 543 g/mol. The highest BCUT2D eigenvalue weighted by molar-refractivity contribution is 6.02. The number of carbonyl (C=O) groups is 3. The summed E-state index contributed by atoms with van der Waals surface area (Å²) in [6.45, 7) is 0. The fourth-order valence-electron chi connectivity index (χ4n) is 2.73. The topological polar surface area (TPSA) is 63.7 Å². The van der Waals surface area contributed by atoms with E-state index in [-0.39, 0.29) is 0 Å². The highest BCUT2D eigenvalue weighted by Gasteiger charge is 2.71. The number of ether oxygens (including phenoxy) is 1. The quantitative estimate of drug-likeness (QED) is 0.363. The fourth-order valence-corrected chi connectivity index (χ4v) is 2.73. The highest BCUT2D eigenvalue weighted by Crippen LogP contribution is 2.43. The summed E-state index contributed by atoms with van der Waals surface area (Å²) in [7, 11) is 0. The Kier molecular flexibility index (Phi) is 8.05. The Hall–Kier alpha value is -2.44. The monoisotopic (exact) mass is 553 g/mol. The van der Waals surface area contributed by atoms with Crippen molar-refractivity contribution in [1.82, 2.24) is 4.90 Å². The Balaban J connectivity index is 3.22. The number of alkyl halides is 15. The van der Waals surface area contributed by atoms with Crippen molar-refractivity contribution >= 4 is 17.8 Å². The van der Waals surface area contributed by atoms with Gasteiger partial charge in [0.15, 0.2) is 0 Å². The summed E-state index contributed by atoms with van der Waals surface area (Å²) in [5.74, 6) is -30.1. The summed E-state index contributed by atoms with van der Waals surface area (Å²) >= 11 is 0. The van der Waals surface area contributed by atoms with Crippen LogP contribution < -0.4 is 0 Å². The van der Waals surface area contributed by atoms with E-state index in [0.29, 0.717) is 0 Å². The van der Waals surface area contributed by atoms with E-state index in [4.69, 9.17) is 0 Å². The maximum absolute atomic E-state index is 13.4. The molecule has 0 unspecified atom stereocenters. The largest absolute Gasteiger partial charge is 0.465 e. The number of halogens is 15. The van der Waals surface area contributed by atoms with E-state index in [1.807, 2.05) is 0 Å². The molecule has 1 aliphatic carbocycles. The van der Waals surface area contributed by atoms with Crippen molar-refractivity contribution in [3.05, 3.63) is 0 Å². The minimum atomic E-state index is -6.86. The van der Waals surface area contributed by atoms with Crippen molar-refractivity contribution in [3.63, 3.8) is 0 Å². The first-order chi connectivity index (χ1) is 15.3. The zero-order valence-electron chi connectivity index (χ0n) is 16.2. The number of hydrogen-bond acceptors (Lipinski definition) is 4. The van der Waals surface area contributed by atoms with E-state index < -0.39 is 96.8 Å². The van der Waals surface area contributed by atoms with Crippen LogP contribution in [0.25, 0.3) is 0 Å². The van der Waals surface area contributed by atoms with Gasteiger partial charge in [-0.25, -0.2) is 4.79 Å². The summed E-state index contributed by atoms with van der Waals surface area (Å²) < 4.78 is 195. The highest BCUT2D eigenvalue weighted by atomic mass is 19.4. The number of nitrogens with zero attached hydrogens (tertiary/aromatic N) is 1. The van der Waals surface area contributed by atoms with Crippen LogP contribution in [0.1, 0.15) is 25.7 Å². The first-order valence-corrected chi connectivity index (χ1v) is 8.73. The van der Waals surface area contributed by atoms with Crippen molar-refractivity contribution in [1.29, 1.82) is 0 Å². The molecule has 1 rings (SSSR count). The van der Waals surface area contributed by atoms with Gasteiger partial charge in [0, 0.05) is 6.04 Å². The van der Waals surface area contributed by atoms with Gasteiger partial charge in [-0.15, -0.1) is 0 Å². The lowest BCUT2D eigenvalue weighted by Crippen LogP contribution is -2.63. The van der Waals surface area contributed by atoms with E-state index >= 15 is 0 Å². The molecule has 0 saturated heterocycles. The minimum Gasteiger partial charge on any atom is -0.458 e. The van der Waals surface area contributed by atoms with Crippen LogP contribution in [0.2, 0.25) is 0 Å². The van der Waals surface area contributed by atoms with Gasteiger partial charge in [-0.1, -0.05) is 0 Å². The van der Waals surface area contributed by atoms with Crippen LogP contribution in [0.4, 0.5) is 65.9 Å². The van der Waals surface area contributed by atoms with Crippen molar-refractivity contribution < 1.29 is 85.0 Å². The Morgan fingerprint density at radius 3 is 1.14 bits per heavy atom. The van der Waals surface area contributed by atoms with Crippen LogP contribution in [0.15, 0.2) is 0 Å². The number of hydrogen-bond donors (Lipinski definition) is 0. The molecule has 20 heteroatoms. The lowest BCUT2D eigenvalue weighted by molar-refractivity contribution is -0.286. The third-order valence-electron chi connectivity index (χ3n) is 4.58. The average Bonchev–Trinajstić information content (AvgIpc) is 2.66. The van der Waals surface area contributed by atoms with Gasteiger partial charge in [0.2, 0.25) is 0 Å². The maximum Gasteiger partial charge on any atom is 0.465 e. The molecule has 5 nitrogen and oxygen atoms in total. The molecule has 0 bridgehead atoms. The van der Waals surface area contributed by atoms with E-state index in [9.17, 15) is 80.2 Å². The summed E-state index contributed by atoms with van der Waals surface area (Å²) in [6, 6.07) is -2.56. The van der Waals surface area contributed by atoms with Crippen LogP contribution in [0.3, 0.4) is 0 Å². The molecule has 1 saturated carbocycles. The fraction of sp³-hybridized carbons (Fsp3) is 0.800. The number of imide groups is 1. The predicted molar refractivity (Wildman–Crippen MR) is 77.0 cm³/mol. The van der Waals surface area contributed by atoms with Gasteiger partial charge in [-0.05, 0) is 25.7 Å². The lowest BCUT2D eigenvalue weighted by Gasteiger charge is -2.38. The molecule has 2 amide bonds. The van der Waals surface area contributed by atoms with Crippen LogP contribution in [0, 0.1) is 0 Å². The van der Waals surface area contributed by atoms with Crippen molar-refractivity contribution in [3.8, 4) is 0 Å². The van der Waals surface area contributed by atoms with Crippen LogP contribution in [-0.4, -0.2) is 71.1 Å². The average molecular weight is 553 g/mol. The molecule has 0 atom stereocenters. The van der Waals surface area contributed by atoms with Crippen molar-refractivity contribution in [2.75, 3.05) is 0 Å². The van der Waals surface area contributed by atoms with Crippen molar-refractivity contribution in [2.45, 2.75) is 74.1 Å². The molecular formula is C15H10F15NO4. The smallest absolute Gasteiger partial charge is 0.458 e. The number of rotatable bonds is 5. The van der Waals surface area contributed by atoms with Gasteiger partial charge in [-0.3, -0.25) is 14.5 Å². The summed E-state index contributed by atoms with van der Waals surface area (Å²) in [4.78, 5) is 32.7. The molecule has 204 valence electrons. The molecule has 0 aromatic heterocycles. The van der Waals surface area contributed by atoms with Crippen molar-refractivity contribution in [2.24, 2.45) is 0 Å². The van der Waals surface area contributed by atoms with Gasteiger partial charge < -0.3 is 4.74 Å². The molecule has 0 spiro atoms. The van der Waals surface area contributed by atoms with Gasteiger partial charge in [0.1, 0.15) is 6.10 Å². The molecule has 0 aliphatic heterocycles. The first-order valence-electron chi connectivity index (χ1n) is 8.73. The number of amides is 2. The second kappa shape index (κ2) is 9.21. The van der Waals surface area contributed by atoms with Crippen LogP contribution >= 0.6 is 0 Å². The molecule has 0 aromatic carbocycles. The molecule has 1 fully saturated rings. The Labute approximate surface area is 183 Å². The maximum atomic E-state index is 13.4. The van der Waals surface area contributed by atoms with Gasteiger partial charge in [0.05, 0.1) is 0 Å². The second-order valence-corrected chi connectivity index (χ2v) is 7.03. The molecule has 35 heavy (non-hydrogen) atoms. The minimum absolute atomic E-state index is 1.10. The molecule has 0 radical (unpaired) electrons. The summed E-state index contributed by atoms with van der Waals surface area (Å²) in [6.07, 6.45) is -26.9. The van der Waals surface area contributed by atoms with E-state index in [1.165, 1.54) is 0 Å². The van der Waals surface area contributed by atoms with E-state index in [1.54, 1.807) is 0 Å². The van der Waals surface area contributed by atoms with Crippen LogP contribution in [0.5, 0.6) is 0 Å². The molecule has 0 N–H and O–H groups in total. The van der Waals surface area contributed by atoms with Gasteiger partial charge in [-0.2, -0.15) is 65.9 Å². The zero-order chi connectivity index (χ0) is 28.0. The van der Waals surface area contributed by atoms with Crippen LogP contribution in [-0.2, 0) is 19.1 Å². The third-order valence-corrected chi connectivity index (χ3v) is 4.58. The normalized spacial score (nSPS) is 20.9. The van der Waals surface area contributed by atoms with E-state index in [0.717, 1.165) is 0 Å². The summed E-state index contributed by atoms with van der Waals surface area (Å²) in [5, 5.41) is 0. The summed E-state index contributed by atoms with van der Waals surface area (Å²) in [5.41, 5.74) is 0. The zero-order valence-corrected chi connectivity index (χ0v) is 16.2.